The Labute approximate surface area is 160 Å². The molecule has 142 valence electrons. The van der Waals surface area contributed by atoms with Gasteiger partial charge in [-0.2, -0.15) is 0 Å². The number of aryl methyl sites for hydroxylation is 2. The summed E-state index contributed by atoms with van der Waals surface area (Å²) in [4.78, 5) is 30.4. The van der Waals surface area contributed by atoms with Crippen molar-refractivity contribution in [3.63, 3.8) is 0 Å². The van der Waals surface area contributed by atoms with E-state index in [0.717, 1.165) is 37.1 Å². The molecule has 6 heteroatoms. The van der Waals surface area contributed by atoms with Gasteiger partial charge in [0.25, 0.3) is 0 Å². The zero-order chi connectivity index (χ0) is 19.1. The molecule has 27 heavy (non-hydrogen) atoms. The van der Waals surface area contributed by atoms with Crippen molar-refractivity contribution in [2.24, 2.45) is 5.92 Å². The van der Waals surface area contributed by atoms with E-state index in [2.05, 4.69) is 15.6 Å². The lowest BCUT2D eigenvalue weighted by atomic mass is 9.97. The molecule has 0 spiro atoms. The molecule has 6 nitrogen and oxygen atoms in total. The largest absolute Gasteiger partial charge is 0.359 e. The van der Waals surface area contributed by atoms with Crippen LogP contribution in [0.4, 0.5) is 10.5 Å². The molecule has 1 aromatic carbocycles. The van der Waals surface area contributed by atoms with Crippen molar-refractivity contribution < 1.29 is 9.59 Å². The predicted molar refractivity (Wildman–Crippen MR) is 105 cm³/mol. The quantitative estimate of drug-likeness (QED) is 0.854. The smallest absolute Gasteiger partial charge is 0.321 e. The third-order valence-corrected chi connectivity index (χ3v) is 4.93. The Morgan fingerprint density at radius 2 is 1.96 bits per heavy atom. The van der Waals surface area contributed by atoms with Gasteiger partial charge in [-0.15, -0.1) is 0 Å². The number of pyridine rings is 1. The maximum atomic E-state index is 12.5. The first kappa shape index (κ1) is 18.9. The van der Waals surface area contributed by atoms with Crippen LogP contribution in [0.3, 0.4) is 0 Å². The van der Waals surface area contributed by atoms with E-state index < -0.39 is 0 Å². The Bertz CT molecular complexity index is 762. The molecule has 1 fully saturated rings. The second-order valence-electron chi connectivity index (χ2n) is 6.85. The van der Waals surface area contributed by atoms with Crippen LogP contribution in [0.2, 0.25) is 0 Å². The summed E-state index contributed by atoms with van der Waals surface area (Å²) < 4.78 is 0. The summed E-state index contributed by atoms with van der Waals surface area (Å²) in [5.74, 6) is -0.117. The number of aromatic nitrogens is 1. The van der Waals surface area contributed by atoms with E-state index >= 15 is 0 Å². The van der Waals surface area contributed by atoms with Gasteiger partial charge in [0.1, 0.15) is 0 Å². The molecule has 0 unspecified atom stereocenters. The summed E-state index contributed by atoms with van der Waals surface area (Å²) in [7, 11) is 1.64. The van der Waals surface area contributed by atoms with Crippen LogP contribution >= 0.6 is 0 Å². The zero-order valence-electron chi connectivity index (χ0n) is 15.6. The van der Waals surface area contributed by atoms with Crippen LogP contribution in [0.1, 0.15) is 24.1 Å². The molecule has 3 rings (SSSR count). The van der Waals surface area contributed by atoms with Crippen LogP contribution < -0.4 is 10.6 Å². The lowest BCUT2D eigenvalue weighted by molar-refractivity contribution is -0.125. The third-order valence-electron chi connectivity index (χ3n) is 4.93. The molecule has 0 saturated carbocycles. The summed E-state index contributed by atoms with van der Waals surface area (Å²) >= 11 is 0. The van der Waals surface area contributed by atoms with E-state index in [0.29, 0.717) is 13.1 Å². The van der Waals surface area contributed by atoms with Gasteiger partial charge in [-0.25, -0.2) is 4.79 Å². The van der Waals surface area contributed by atoms with Gasteiger partial charge in [-0.3, -0.25) is 9.78 Å². The predicted octanol–water partition coefficient (Wildman–Crippen LogP) is 2.86. The SMILES string of the molecule is CNC(=O)[C@@H]1CCCN(C(=O)Nc2ccc(CCc3ccccn3)cc2)C1. The third kappa shape index (κ3) is 5.29. The maximum Gasteiger partial charge on any atom is 0.321 e. The fourth-order valence-corrected chi connectivity index (χ4v) is 3.36. The van der Waals surface area contributed by atoms with Gasteiger partial charge in [0.15, 0.2) is 0 Å². The summed E-state index contributed by atoms with van der Waals surface area (Å²) in [6.07, 6.45) is 5.28. The first-order chi connectivity index (χ1) is 13.2. The number of likely N-dealkylation sites (tertiary alicyclic amines) is 1. The van der Waals surface area contributed by atoms with Gasteiger partial charge in [0, 0.05) is 37.7 Å². The molecule has 1 aliphatic rings. The monoisotopic (exact) mass is 366 g/mol. The van der Waals surface area contributed by atoms with Crippen molar-refractivity contribution in [1.29, 1.82) is 0 Å². The summed E-state index contributed by atoms with van der Waals surface area (Å²) in [5.41, 5.74) is 3.05. The minimum Gasteiger partial charge on any atom is -0.359 e. The number of anilines is 1. The maximum absolute atomic E-state index is 12.5. The first-order valence-corrected chi connectivity index (χ1v) is 9.42. The van der Waals surface area contributed by atoms with E-state index in [1.54, 1.807) is 11.9 Å². The molecule has 2 heterocycles. The fraction of sp³-hybridized carbons (Fsp3) is 0.381. The highest BCUT2D eigenvalue weighted by atomic mass is 16.2. The number of rotatable bonds is 5. The number of hydrogen-bond acceptors (Lipinski definition) is 3. The van der Waals surface area contributed by atoms with E-state index in [9.17, 15) is 9.59 Å². The van der Waals surface area contributed by atoms with Crippen LogP contribution in [0.5, 0.6) is 0 Å². The topological polar surface area (TPSA) is 74.3 Å². The molecule has 1 aromatic heterocycles. The summed E-state index contributed by atoms with van der Waals surface area (Å²) in [6, 6.07) is 13.7. The highest BCUT2D eigenvalue weighted by Crippen LogP contribution is 2.18. The van der Waals surface area contributed by atoms with Gasteiger partial charge in [0.05, 0.1) is 5.92 Å². The molecule has 1 atom stereocenters. The van der Waals surface area contributed by atoms with Gasteiger partial charge in [0.2, 0.25) is 5.91 Å². The normalized spacial score (nSPS) is 16.6. The van der Waals surface area contributed by atoms with Crippen LogP contribution in [0, 0.1) is 5.92 Å². The number of nitrogens with zero attached hydrogens (tertiary/aromatic N) is 2. The second-order valence-corrected chi connectivity index (χ2v) is 6.85. The molecule has 0 aliphatic carbocycles. The van der Waals surface area contributed by atoms with E-state index in [1.807, 2.05) is 48.7 Å². The Morgan fingerprint density at radius 1 is 1.15 bits per heavy atom. The van der Waals surface area contributed by atoms with E-state index in [1.165, 1.54) is 5.56 Å². The standard InChI is InChI=1S/C21H26N4O2/c1-22-20(26)17-5-4-14-25(15-17)21(27)24-19-11-8-16(9-12-19)7-10-18-6-2-3-13-23-18/h2-3,6,8-9,11-13,17H,4-5,7,10,14-15H2,1H3,(H,22,26)(H,24,27)/t17-/m1/s1. The number of carbonyl (C=O) groups excluding carboxylic acids is 2. The van der Waals surface area contributed by atoms with Gasteiger partial charge in [-0.05, 0) is 55.5 Å². The molecule has 1 saturated heterocycles. The molecule has 3 amide bonds. The molecule has 0 bridgehead atoms. The molecular formula is C21H26N4O2. The van der Waals surface area contributed by atoms with Crippen LogP contribution in [-0.4, -0.2) is 42.0 Å². The molecule has 0 radical (unpaired) electrons. The van der Waals surface area contributed by atoms with Crippen LogP contribution in [0.25, 0.3) is 0 Å². The molecular weight excluding hydrogens is 340 g/mol. The molecule has 2 aromatic rings. The van der Waals surface area contributed by atoms with Crippen LogP contribution in [0.15, 0.2) is 48.7 Å². The van der Waals surface area contributed by atoms with Gasteiger partial charge >= 0.3 is 6.03 Å². The van der Waals surface area contributed by atoms with Gasteiger partial charge < -0.3 is 15.5 Å². The van der Waals surface area contributed by atoms with Gasteiger partial charge in [-0.1, -0.05) is 18.2 Å². The van der Waals surface area contributed by atoms with Crippen molar-refractivity contribution in [3.8, 4) is 0 Å². The number of carbonyl (C=O) groups is 2. The van der Waals surface area contributed by atoms with Crippen molar-refractivity contribution in [2.75, 3.05) is 25.5 Å². The van der Waals surface area contributed by atoms with Crippen molar-refractivity contribution in [3.05, 3.63) is 59.9 Å². The van der Waals surface area contributed by atoms with Crippen molar-refractivity contribution in [2.45, 2.75) is 25.7 Å². The minimum absolute atomic E-state index is 0.00441. The number of amides is 3. The summed E-state index contributed by atoms with van der Waals surface area (Å²) in [6.45, 7) is 1.15. The Kier molecular flexibility index (Phi) is 6.41. The lowest BCUT2D eigenvalue weighted by Gasteiger charge is -2.31. The Morgan fingerprint density at radius 3 is 2.67 bits per heavy atom. The Balaban J connectivity index is 1.51. The average Bonchev–Trinajstić information content (AvgIpc) is 2.73. The molecule has 2 N–H and O–H groups in total. The lowest BCUT2D eigenvalue weighted by Crippen LogP contribution is -2.46. The van der Waals surface area contributed by atoms with Crippen LogP contribution in [-0.2, 0) is 17.6 Å². The van der Waals surface area contributed by atoms with E-state index in [4.69, 9.17) is 0 Å². The number of urea groups is 1. The second kappa shape index (κ2) is 9.16. The number of hydrogen-bond donors (Lipinski definition) is 2. The highest BCUT2D eigenvalue weighted by Gasteiger charge is 2.27. The fourth-order valence-electron chi connectivity index (χ4n) is 3.36. The zero-order valence-corrected chi connectivity index (χ0v) is 15.6. The van der Waals surface area contributed by atoms with Crippen molar-refractivity contribution >= 4 is 17.6 Å². The van der Waals surface area contributed by atoms with E-state index in [-0.39, 0.29) is 17.9 Å². The average molecular weight is 366 g/mol. The highest BCUT2D eigenvalue weighted by molar-refractivity contribution is 5.90. The number of piperidine rings is 1. The first-order valence-electron chi connectivity index (χ1n) is 9.42. The summed E-state index contributed by atoms with van der Waals surface area (Å²) in [5, 5.41) is 5.61. The Hall–Kier alpha value is -2.89. The molecule has 1 aliphatic heterocycles. The van der Waals surface area contributed by atoms with Crippen molar-refractivity contribution in [1.82, 2.24) is 15.2 Å². The minimum atomic E-state index is -0.148. The number of nitrogens with one attached hydrogen (secondary N) is 2. The number of benzene rings is 1.